The molecule has 1 aromatic carbocycles. The van der Waals surface area contributed by atoms with E-state index in [4.69, 9.17) is 4.74 Å². The monoisotopic (exact) mass is 319 g/mol. The van der Waals surface area contributed by atoms with Crippen LogP contribution in [0.2, 0.25) is 0 Å². The van der Waals surface area contributed by atoms with Crippen molar-refractivity contribution in [3.63, 3.8) is 0 Å². The summed E-state index contributed by atoms with van der Waals surface area (Å²) in [6.07, 6.45) is 0.106. The molecule has 5 nitrogen and oxygen atoms in total. The lowest BCUT2D eigenvalue weighted by Gasteiger charge is -2.17. The highest BCUT2D eigenvalue weighted by molar-refractivity contribution is 5.94. The zero-order valence-electron chi connectivity index (χ0n) is 14.9. The minimum Gasteiger partial charge on any atom is -0.478 e. The van der Waals surface area contributed by atoms with Gasteiger partial charge in [-0.2, -0.15) is 0 Å². The third kappa shape index (κ3) is 7.28. The number of carbonyl (C=O) groups is 1. The number of carbonyl (C=O) groups excluding carboxylic acids is 1. The van der Waals surface area contributed by atoms with E-state index in [1.54, 1.807) is 12.1 Å². The Morgan fingerprint density at radius 3 is 2.35 bits per heavy atom. The first-order valence-corrected chi connectivity index (χ1v) is 8.28. The molecule has 0 saturated heterocycles. The fraction of sp³-hybridized carbons (Fsp3) is 0.556. The summed E-state index contributed by atoms with van der Waals surface area (Å²) < 4.78 is 5.49. The van der Waals surface area contributed by atoms with Crippen molar-refractivity contribution in [1.82, 2.24) is 10.2 Å². The Labute approximate surface area is 139 Å². The number of rotatable bonds is 8. The highest BCUT2D eigenvalue weighted by Crippen LogP contribution is 2.14. The van der Waals surface area contributed by atoms with Gasteiger partial charge in [0.05, 0.1) is 11.8 Å². The predicted octanol–water partition coefficient (Wildman–Crippen LogP) is 3.23. The highest BCUT2D eigenvalue weighted by atomic mass is 16.5. The molecule has 23 heavy (non-hydrogen) atoms. The SMILES string of the molecule is CCN(CC)CCNC(=O)c1ccc(/N=C(/C)OC(C)C)cc1. The van der Waals surface area contributed by atoms with E-state index in [2.05, 4.69) is 29.1 Å². The number of benzene rings is 1. The molecule has 0 heterocycles. The molecule has 1 N–H and O–H groups in total. The van der Waals surface area contributed by atoms with Crippen LogP contribution in [0.3, 0.4) is 0 Å². The number of likely N-dealkylation sites (N-methyl/N-ethyl adjacent to an activating group) is 1. The van der Waals surface area contributed by atoms with Crippen LogP contribution in [0.4, 0.5) is 5.69 Å². The quantitative estimate of drug-likeness (QED) is 0.591. The lowest BCUT2D eigenvalue weighted by Crippen LogP contribution is -2.34. The number of ether oxygens (including phenoxy) is 1. The van der Waals surface area contributed by atoms with Gasteiger partial charge in [-0.1, -0.05) is 13.8 Å². The van der Waals surface area contributed by atoms with Crippen molar-refractivity contribution >= 4 is 17.5 Å². The molecule has 0 unspecified atom stereocenters. The molecule has 0 atom stereocenters. The van der Waals surface area contributed by atoms with Crippen molar-refractivity contribution < 1.29 is 9.53 Å². The summed E-state index contributed by atoms with van der Waals surface area (Å²) in [5.74, 6) is 0.569. The number of hydrogen-bond acceptors (Lipinski definition) is 4. The maximum absolute atomic E-state index is 12.1. The molecule has 0 bridgehead atoms. The molecule has 0 radical (unpaired) electrons. The molecule has 1 rings (SSSR count). The van der Waals surface area contributed by atoms with E-state index in [0.29, 0.717) is 18.0 Å². The maximum Gasteiger partial charge on any atom is 0.251 e. The summed E-state index contributed by atoms with van der Waals surface area (Å²) in [6.45, 7) is 13.5. The van der Waals surface area contributed by atoms with Gasteiger partial charge < -0.3 is 15.0 Å². The van der Waals surface area contributed by atoms with Crippen LogP contribution >= 0.6 is 0 Å². The number of nitrogens with one attached hydrogen (secondary N) is 1. The standard InChI is InChI=1S/C18H29N3O2/c1-6-21(7-2)13-12-19-18(22)16-8-10-17(11-9-16)20-15(5)23-14(3)4/h8-11,14H,6-7,12-13H2,1-5H3,(H,19,22)/b20-15-. The van der Waals surface area contributed by atoms with Gasteiger partial charge in [0.1, 0.15) is 0 Å². The molecule has 0 spiro atoms. The first-order valence-electron chi connectivity index (χ1n) is 8.28. The topological polar surface area (TPSA) is 53.9 Å². The molecule has 1 amide bonds. The van der Waals surface area contributed by atoms with Crippen LogP contribution < -0.4 is 5.32 Å². The van der Waals surface area contributed by atoms with Crippen LogP contribution in [-0.2, 0) is 4.74 Å². The second kappa shape index (κ2) is 10.0. The van der Waals surface area contributed by atoms with Gasteiger partial charge in [-0.25, -0.2) is 4.99 Å². The van der Waals surface area contributed by atoms with Crippen molar-refractivity contribution in [1.29, 1.82) is 0 Å². The average Bonchev–Trinajstić information content (AvgIpc) is 2.51. The van der Waals surface area contributed by atoms with Crippen LogP contribution in [0, 0.1) is 0 Å². The predicted molar refractivity (Wildman–Crippen MR) is 95.6 cm³/mol. The maximum atomic E-state index is 12.1. The molecule has 5 heteroatoms. The Morgan fingerprint density at radius 2 is 1.83 bits per heavy atom. The van der Waals surface area contributed by atoms with Gasteiger partial charge in [-0.05, 0) is 51.2 Å². The highest BCUT2D eigenvalue weighted by Gasteiger charge is 2.06. The number of hydrogen-bond donors (Lipinski definition) is 1. The van der Waals surface area contributed by atoms with Gasteiger partial charge in [0.25, 0.3) is 5.91 Å². The zero-order valence-corrected chi connectivity index (χ0v) is 14.9. The number of amides is 1. The van der Waals surface area contributed by atoms with Crippen LogP contribution in [0.25, 0.3) is 0 Å². The molecule has 0 aliphatic heterocycles. The van der Waals surface area contributed by atoms with E-state index in [-0.39, 0.29) is 12.0 Å². The molecular weight excluding hydrogens is 290 g/mol. The van der Waals surface area contributed by atoms with E-state index in [9.17, 15) is 4.79 Å². The third-order valence-electron chi connectivity index (χ3n) is 3.43. The van der Waals surface area contributed by atoms with Crippen LogP contribution in [0.5, 0.6) is 0 Å². The summed E-state index contributed by atoms with van der Waals surface area (Å²) >= 11 is 0. The first-order chi connectivity index (χ1) is 11.0. The Balaban J connectivity index is 2.54. The van der Waals surface area contributed by atoms with E-state index in [1.165, 1.54) is 0 Å². The van der Waals surface area contributed by atoms with Crippen molar-refractivity contribution in [2.24, 2.45) is 4.99 Å². The molecule has 0 aromatic heterocycles. The van der Waals surface area contributed by atoms with Crippen molar-refractivity contribution in [3.8, 4) is 0 Å². The van der Waals surface area contributed by atoms with Gasteiger partial charge in [-0.3, -0.25) is 4.79 Å². The van der Waals surface area contributed by atoms with E-state index < -0.39 is 0 Å². The second-order valence-corrected chi connectivity index (χ2v) is 5.63. The normalized spacial score (nSPS) is 11.9. The molecule has 1 aromatic rings. The summed E-state index contributed by atoms with van der Waals surface area (Å²) in [6, 6.07) is 7.22. The Bertz CT molecular complexity index is 506. The summed E-state index contributed by atoms with van der Waals surface area (Å²) in [5, 5.41) is 2.94. The Kier molecular flexibility index (Phi) is 8.33. The van der Waals surface area contributed by atoms with Gasteiger partial charge in [0, 0.05) is 25.6 Å². The average molecular weight is 319 g/mol. The van der Waals surface area contributed by atoms with Crippen LogP contribution in [0.15, 0.2) is 29.3 Å². The second-order valence-electron chi connectivity index (χ2n) is 5.63. The van der Waals surface area contributed by atoms with Gasteiger partial charge in [0.15, 0.2) is 5.90 Å². The van der Waals surface area contributed by atoms with E-state index in [0.717, 1.165) is 25.3 Å². The first kappa shape index (κ1) is 19.2. The zero-order chi connectivity index (χ0) is 17.2. The largest absolute Gasteiger partial charge is 0.478 e. The summed E-state index contributed by atoms with van der Waals surface area (Å²) in [5.41, 5.74) is 1.42. The van der Waals surface area contributed by atoms with E-state index in [1.807, 2.05) is 32.9 Å². The fourth-order valence-corrected chi connectivity index (χ4v) is 2.21. The molecule has 0 saturated carbocycles. The summed E-state index contributed by atoms with van der Waals surface area (Å²) in [4.78, 5) is 18.7. The third-order valence-corrected chi connectivity index (χ3v) is 3.43. The Morgan fingerprint density at radius 1 is 1.22 bits per heavy atom. The van der Waals surface area contributed by atoms with Crippen molar-refractivity contribution in [2.45, 2.75) is 40.7 Å². The Hall–Kier alpha value is -1.88. The van der Waals surface area contributed by atoms with Gasteiger partial charge in [-0.15, -0.1) is 0 Å². The van der Waals surface area contributed by atoms with E-state index >= 15 is 0 Å². The minimum absolute atomic E-state index is 0.0529. The van der Waals surface area contributed by atoms with Crippen LogP contribution in [0.1, 0.15) is 45.0 Å². The summed E-state index contributed by atoms with van der Waals surface area (Å²) in [7, 11) is 0. The fourth-order valence-electron chi connectivity index (χ4n) is 2.21. The molecule has 0 aliphatic rings. The van der Waals surface area contributed by atoms with Gasteiger partial charge >= 0.3 is 0 Å². The smallest absolute Gasteiger partial charge is 0.251 e. The minimum atomic E-state index is -0.0529. The number of nitrogens with zero attached hydrogens (tertiary/aromatic N) is 2. The molecule has 128 valence electrons. The van der Waals surface area contributed by atoms with Gasteiger partial charge in [0.2, 0.25) is 0 Å². The molecule has 0 aliphatic carbocycles. The lowest BCUT2D eigenvalue weighted by atomic mass is 10.2. The molecule has 0 fully saturated rings. The van der Waals surface area contributed by atoms with Crippen molar-refractivity contribution in [2.75, 3.05) is 26.2 Å². The van der Waals surface area contributed by atoms with Crippen molar-refractivity contribution in [3.05, 3.63) is 29.8 Å². The number of aliphatic imine (C=N–C) groups is 1. The van der Waals surface area contributed by atoms with Crippen LogP contribution in [-0.4, -0.2) is 49.0 Å². The lowest BCUT2D eigenvalue weighted by molar-refractivity contribution is 0.0949. The molecular formula is C18H29N3O2.